The molecule has 0 aromatic carbocycles. The fraction of sp³-hybridized carbons (Fsp3) is 1.00. The monoisotopic (exact) mass is 241 g/mol. The van der Waals surface area contributed by atoms with Crippen molar-refractivity contribution < 1.29 is 9.47 Å². The third-order valence-electron chi connectivity index (χ3n) is 3.96. The van der Waals surface area contributed by atoms with Gasteiger partial charge >= 0.3 is 0 Å². The van der Waals surface area contributed by atoms with Gasteiger partial charge in [-0.1, -0.05) is 0 Å². The predicted octanol–water partition coefficient (Wildman–Crippen LogP) is 2.62. The Morgan fingerprint density at radius 3 is 2.47 bits per heavy atom. The van der Waals surface area contributed by atoms with Crippen molar-refractivity contribution in [2.24, 2.45) is 5.73 Å². The Hall–Kier alpha value is -0.120. The molecule has 0 aromatic heterocycles. The maximum Gasteiger partial charge on any atom is 0.0589 e. The molecule has 0 amide bonds. The van der Waals surface area contributed by atoms with Crippen molar-refractivity contribution in [2.45, 2.75) is 76.0 Å². The van der Waals surface area contributed by atoms with Crippen molar-refractivity contribution in [3.8, 4) is 0 Å². The number of hydrogen-bond donors (Lipinski definition) is 1. The van der Waals surface area contributed by atoms with Crippen molar-refractivity contribution >= 4 is 0 Å². The van der Waals surface area contributed by atoms with Gasteiger partial charge in [0.1, 0.15) is 0 Å². The van der Waals surface area contributed by atoms with Crippen LogP contribution < -0.4 is 5.73 Å². The molecule has 3 unspecified atom stereocenters. The Morgan fingerprint density at radius 2 is 1.76 bits per heavy atom. The average molecular weight is 241 g/mol. The van der Waals surface area contributed by atoms with Gasteiger partial charge in [0.25, 0.3) is 0 Å². The van der Waals surface area contributed by atoms with E-state index >= 15 is 0 Å². The summed E-state index contributed by atoms with van der Waals surface area (Å²) in [6, 6.07) is 0.319. The first kappa shape index (κ1) is 13.3. The second-order valence-corrected chi connectivity index (χ2v) is 5.55. The van der Waals surface area contributed by atoms with Gasteiger partial charge in [0.05, 0.1) is 12.2 Å². The fourth-order valence-corrected chi connectivity index (χ4v) is 2.93. The molecular formula is C14H27NO2. The van der Waals surface area contributed by atoms with Gasteiger partial charge < -0.3 is 15.2 Å². The van der Waals surface area contributed by atoms with Crippen molar-refractivity contribution in [1.29, 1.82) is 0 Å². The summed E-state index contributed by atoms with van der Waals surface area (Å²) in [6.07, 6.45) is 11.8. The normalized spacial score (nSPS) is 31.6. The van der Waals surface area contributed by atoms with Gasteiger partial charge in [-0.15, -0.1) is 0 Å². The summed E-state index contributed by atoms with van der Waals surface area (Å²) in [6.45, 7) is 1.90. The lowest BCUT2D eigenvalue weighted by Gasteiger charge is -2.25. The van der Waals surface area contributed by atoms with E-state index in [9.17, 15) is 0 Å². The molecule has 0 spiro atoms. The van der Waals surface area contributed by atoms with E-state index in [1.165, 1.54) is 44.9 Å². The van der Waals surface area contributed by atoms with Crippen molar-refractivity contribution in [3.63, 3.8) is 0 Å². The first-order valence-electron chi connectivity index (χ1n) is 7.33. The summed E-state index contributed by atoms with van der Waals surface area (Å²) in [5.41, 5.74) is 6.17. The quantitative estimate of drug-likeness (QED) is 0.777. The van der Waals surface area contributed by atoms with Crippen LogP contribution in [-0.2, 0) is 9.47 Å². The molecule has 3 atom stereocenters. The number of rotatable bonds is 6. The zero-order valence-electron chi connectivity index (χ0n) is 10.9. The first-order chi connectivity index (χ1) is 8.34. The summed E-state index contributed by atoms with van der Waals surface area (Å²) < 4.78 is 11.3. The Kier molecular flexibility index (Phi) is 5.75. The molecule has 2 heterocycles. The summed E-state index contributed by atoms with van der Waals surface area (Å²) in [5, 5.41) is 0. The maximum absolute atomic E-state index is 6.17. The SMILES string of the molecule is NC(CCCC1CCCO1)CC1CCCCO1. The van der Waals surface area contributed by atoms with E-state index in [0.29, 0.717) is 18.2 Å². The average Bonchev–Trinajstić information content (AvgIpc) is 2.83. The van der Waals surface area contributed by atoms with Crippen LogP contribution >= 0.6 is 0 Å². The highest BCUT2D eigenvalue weighted by atomic mass is 16.5. The van der Waals surface area contributed by atoms with Crippen LogP contribution in [0.4, 0.5) is 0 Å². The Bertz CT molecular complexity index is 198. The lowest BCUT2D eigenvalue weighted by Crippen LogP contribution is -2.30. The van der Waals surface area contributed by atoms with Crippen LogP contribution in [0.1, 0.15) is 57.8 Å². The van der Waals surface area contributed by atoms with Gasteiger partial charge in [-0.05, 0) is 57.8 Å². The number of nitrogens with two attached hydrogens (primary N) is 1. The molecule has 2 aliphatic heterocycles. The molecule has 0 radical (unpaired) electrons. The molecule has 3 nitrogen and oxygen atoms in total. The van der Waals surface area contributed by atoms with E-state index in [-0.39, 0.29) is 0 Å². The molecule has 2 saturated heterocycles. The van der Waals surface area contributed by atoms with Crippen LogP contribution in [-0.4, -0.2) is 31.5 Å². The fourth-order valence-electron chi connectivity index (χ4n) is 2.93. The van der Waals surface area contributed by atoms with Crippen LogP contribution in [0.2, 0.25) is 0 Å². The van der Waals surface area contributed by atoms with Crippen LogP contribution in [0.25, 0.3) is 0 Å². The van der Waals surface area contributed by atoms with Crippen LogP contribution in [0.3, 0.4) is 0 Å². The first-order valence-corrected chi connectivity index (χ1v) is 7.33. The second kappa shape index (κ2) is 7.34. The van der Waals surface area contributed by atoms with Gasteiger partial charge in [0.2, 0.25) is 0 Å². The van der Waals surface area contributed by atoms with Gasteiger partial charge in [-0.2, -0.15) is 0 Å². The minimum atomic E-state index is 0.319. The second-order valence-electron chi connectivity index (χ2n) is 5.55. The molecule has 2 rings (SSSR count). The molecule has 2 aliphatic rings. The van der Waals surface area contributed by atoms with Crippen LogP contribution in [0, 0.1) is 0 Å². The van der Waals surface area contributed by atoms with E-state index in [2.05, 4.69) is 0 Å². The highest BCUT2D eigenvalue weighted by molar-refractivity contribution is 4.73. The topological polar surface area (TPSA) is 44.5 Å². The molecule has 0 aromatic rings. The molecule has 0 bridgehead atoms. The Balaban J connectivity index is 1.52. The molecule has 0 saturated carbocycles. The van der Waals surface area contributed by atoms with Gasteiger partial charge in [-0.25, -0.2) is 0 Å². The zero-order chi connectivity index (χ0) is 11.9. The highest BCUT2D eigenvalue weighted by Gasteiger charge is 2.18. The van der Waals surface area contributed by atoms with E-state index in [1.54, 1.807) is 0 Å². The number of hydrogen-bond acceptors (Lipinski definition) is 3. The summed E-state index contributed by atoms with van der Waals surface area (Å²) in [7, 11) is 0. The molecule has 3 heteroatoms. The molecule has 2 fully saturated rings. The molecule has 2 N–H and O–H groups in total. The van der Waals surface area contributed by atoms with Gasteiger partial charge in [-0.3, -0.25) is 0 Å². The smallest absolute Gasteiger partial charge is 0.0589 e. The van der Waals surface area contributed by atoms with Crippen molar-refractivity contribution in [3.05, 3.63) is 0 Å². The van der Waals surface area contributed by atoms with Crippen LogP contribution in [0.5, 0.6) is 0 Å². The molecule has 0 aliphatic carbocycles. The molecule has 17 heavy (non-hydrogen) atoms. The predicted molar refractivity (Wildman–Crippen MR) is 69.0 cm³/mol. The van der Waals surface area contributed by atoms with E-state index < -0.39 is 0 Å². The van der Waals surface area contributed by atoms with Crippen molar-refractivity contribution in [1.82, 2.24) is 0 Å². The zero-order valence-corrected chi connectivity index (χ0v) is 10.9. The molecular weight excluding hydrogens is 214 g/mol. The Morgan fingerprint density at radius 1 is 1.00 bits per heavy atom. The summed E-state index contributed by atoms with van der Waals surface area (Å²) in [5.74, 6) is 0. The van der Waals surface area contributed by atoms with Crippen LogP contribution in [0.15, 0.2) is 0 Å². The Labute approximate surface area is 105 Å². The van der Waals surface area contributed by atoms with Gasteiger partial charge in [0.15, 0.2) is 0 Å². The maximum atomic E-state index is 6.17. The van der Waals surface area contributed by atoms with Gasteiger partial charge in [0, 0.05) is 19.3 Å². The highest BCUT2D eigenvalue weighted by Crippen LogP contribution is 2.21. The third-order valence-corrected chi connectivity index (χ3v) is 3.96. The lowest BCUT2D eigenvalue weighted by molar-refractivity contribution is 0.00668. The summed E-state index contributed by atoms with van der Waals surface area (Å²) in [4.78, 5) is 0. The lowest BCUT2D eigenvalue weighted by atomic mass is 9.98. The summed E-state index contributed by atoms with van der Waals surface area (Å²) >= 11 is 0. The minimum absolute atomic E-state index is 0.319. The molecule has 100 valence electrons. The minimum Gasteiger partial charge on any atom is -0.378 e. The van der Waals surface area contributed by atoms with E-state index in [4.69, 9.17) is 15.2 Å². The standard InChI is InChI=1S/C14H27NO2/c15-12(11-14-6-1-2-9-17-14)5-3-7-13-8-4-10-16-13/h12-14H,1-11,15H2. The third kappa shape index (κ3) is 4.94. The largest absolute Gasteiger partial charge is 0.378 e. The van der Waals surface area contributed by atoms with E-state index in [1.807, 2.05) is 0 Å². The number of ether oxygens (including phenoxy) is 2. The van der Waals surface area contributed by atoms with Crippen molar-refractivity contribution in [2.75, 3.05) is 13.2 Å². The van der Waals surface area contributed by atoms with E-state index in [0.717, 1.165) is 26.1 Å².